The molecule has 0 heterocycles. The van der Waals surface area contributed by atoms with Gasteiger partial charge >= 0.3 is 0 Å². The Morgan fingerprint density at radius 1 is 1.07 bits per heavy atom. The maximum Gasteiger partial charge on any atom is 0.225 e. The lowest BCUT2D eigenvalue weighted by Gasteiger charge is -2.26. The van der Waals surface area contributed by atoms with Gasteiger partial charge in [0.25, 0.3) is 0 Å². The van der Waals surface area contributed by atoms with Crippen molar-refractivity contribution in [2.75, 3.05) is 6.54 Å². The number of nitrogens with two attached hydrogens (primary N) is 1. The molecule has 0 aliphatic carbocycles. The SMILES string of the molecule is CC(=O)NC(CC(=O)N(CCC(N)=O)Cc1ccccc1)c1ccc(Cl)cc1. The summed E-state index contributed by atoms with van der Waals surface area (Å²) in [5.41, 5.74) is 6.99. The molecule has 148 valence electrons. The van der Waals surface area contributed by atoms with Crippen molar-refractivity contribution < 1.29 is 14.4 Å². The summed E-state index contributed by atoms with van der Waals surface area (Å²) in [4.78, 5) is 37.4. The second kappa shape index (κ2) is 10.5. The summed E-state index contributed by atoms with van der Waals surface area (Å²) in [7, 11) is 0. The zero-order valence-electron chi connectivity index (χ0n) is 15.7. The van der Waals surface area contributed by atoms with E-state index in [0.717, 1.165) is 11.1 Å². The maximum absolute atomic E-state index is 13.0. The Kier molecular flexibility index (Phi) is 8.02. The lowest BCUT2D eigenvalue weighted by molar-refractivity contribution is -0.133. The summed E-state index contributed by atoms with van der Waals surface area (Å²) in [5.74, 6) is -0.889. The maximum atomic E-state index is 13.0. The summed E-state index contributed by atoms with van der Waals surface area (Å²) < 4.78 is 0. The van der Waals surface area contributed by atoms with Crippen LogP contribution < -0.4 is 11.1 Å². The van der Waals surface area contributed by atoms with Crippen LogP contribution in [-0.2, 0) is 20.9 Å². The van der Waals surface area contributed by atoms with Gasteiger partial charge in [-0.15, -0.1) is 0 Å². The number of amides is 3. The number of carbonyl (C=O) groups excluding carboxylic acids is 3. The van der Waals surface area contributed by atoms with Crippen LogP contribution in [0.1, 0.15) is 36.9 Å². The van der Waals surface area contributed by atoms with E-state index < -0.39 is 11.9 Å². The molecule has 0 aliphatic heterocycles. The van der Waals surface area contributed by atoms with E-state index in [1.54, 1.807) is 29.2 Å². The lowest BCUT2D eigenvalue weighted by Crippen LogP contribution is -2.37. The third kappa shape index (κ3) is 7.04. The zero-order chi connectivity index (χ0) is 20.5. The average molecular weight is 402 g/mol. The van der Waals surface area contributed by atoms with E-state index in [1.165, 1.54) is 6.92 Å². The molecule has 1 unspecified atom stereocenters. The van der Waals surface area contributed by atoms with E-state index in [2.05, 4.69) is 5.32 Å². The number of carbonyl (C=O) groups is 3. The molecule has 0 fully saturated rings. The van der Waals surface area contributed by atoms with Crippen molar-refractivity contribution in [3.8, 4) is 0 Å². The number of primary amides is 1. The van der Waals surface area contributed by atoms with Gasteiger partial charge in [0.2, 0.25) is 17.7 Å². The van der Waals surface area contributed by atoms with E-state index in [9.17, 15) is 14.4 Å². The summed E-state index contributed by atoms with van der Waals surface area (Å²) in [6, 6.07) is 16.0. The Morgan fingerprint density at radius 3 is 2.29 bits per heavy atom. The molecule has 28 heavy (non-hydrogen) atoms. The van der Waals surface area contributed by atoms with Gasteiger partial charge in [-0.05, 0) is 23.3 Å². The fourth-order valence-electron chi connectivity index (χ4n) is 2.84. The van der Waals surface area contributed by atoms with Crippen LogP contribution in [0.2, 0.25) is 5.02 Å². The van der Waals surface area contributed by atoms with Crippen molar-refractivity contribution in [3.63, 3.8) is 0 Å². The van der Waals surface area contributed by atoms with Gasteiger partial charge in [0.05, 0.1) is 12.5 Å². The van der Waals surface area contributed by atoms with Gasteiger partial charge in [0.1, 0.15) is 0 Å². The molecule has 3 N–H and O–H groups in total. The van der Waals surface area contributed by atoms with E-state index in [-0.39, 0.29) is 31.2 Å². The lowest BCUT2D eigenvalue weighted by atomic mass is 10.0. The summed E-state index contributed by atoms with van der Waals surface area (Å²) in [5, 5.41) is 3.38. The highest BCUT2D eigenvalue weighted by Gasteiger charge is 2.22. The third-order valence-electron chi connectivity index (χ3n) is 4.23. The highest BCUT2D eigenvalue weighted by atomic mass is 35.5. The summed E-state index contributed by atoms with van der Waals surface area (Å²) in [6.07, 6.45) is 0.136. The van der Waals surface area contributed by atoms with Crippen LogP contribution in [0.5, 0.6) is 0 Å². The van der Waals surface area contributed by atoms with Gasteiger partial charge in [0, 0.05) is 31.5 Å². The number of halogens is 1. The number of rotatable bonds is 9. The number of hydrogen-bond acceptors (Lipinski definition) is 3. The molecule has 0 saturated heterocycles. The van der Waals surface area contributed by atoms with Crippen LogP contribution in [0.25, 0.3) is 0 Å². The Balaban J connectivity index is 2.17. The summed E-state index contributed by atoms with van der Waals surface area (Å²) >= 11 is 5.93. The first kappa shape index (κ1) is 21.4. The number of nitrogens with zero attached hydrogens (tertiary/aromatic N) is 1. The quantitative estimate of drug-likeness (QED) is 0.676. The molecule has 6 nitrogen and oxygen atoms in total. The molecule has 0 saturated carbocycles. The Labute approximate surface area is 169 Å². The molecule has 1 atom stereocenters. The van der Waals surface area contributed by atoms with Crippen molar-refractivity contribution in [1.29, 1.82) is 0 Å². The molecule has 0 bridgehead atoms. The molecule has 2 aromatic carbocycles. The zero-order valence-corrected chi connectivity index (χ0v) is 16.5. The average Bonchev–Trinajstić information content (AvgIpc) is 2.65. The molecule has 2 aromatic rings. The molecule has 0 radical (unpaired) electrons. The van der Waals surface area contributed by atoms with Gasteiger partial charge in [0.15, 0.2) is 0 Å². The van der Waals surface area contributed by atoms with E-state index in [4.69, 9.17) is 17.3 Å². The Bertz CT molecular complexity index is 809. The molecule has 3 amide bonds. The summed E-state index contributed by atoms with van der Waals surface area (Å²) in [6.45, 7) is 1.99. The van der Waals surface area contributed by atoms with Crippen LogP contribution >= 0.6 is 11.6 Å². The van der Waals surface area contributed by atoms with E-state index in [0.29, 0.717) is 11.6 Å². The van der Waals surface area contributed by atoms with Crippen molar-refractivity contribution in [2.45, 2.75) is 32.4 Å². The standard InChI is InChI=1S/C21H24ClN3O3/c1-15(26)24-19(17-7-9-18(22)10-8-17)13-21(28)25(12-11-20(23)27)14-16-5-3-2-4-6-16/h2-10,19H,11-14H2,1H3,(H2,23,27)(H,24,26). The first-order chi connectivity index (χ1) is 13.3. The second-order valence-corrected chi connectivity index (χ2v) is 6.96. The molecule has 0 spiro atoms. The van der Waals surface area contributed by atoms with Crippen molar-refractivity contribution in [3.05, 3.63) is 70.7 Å². The monoisotopic (exact) mass is 401 g/mol. The molecule has 2 rings (SSSR count). The van der Waals surface area contributed by atoms with Gasteiger partial charge in [-0.3, -0.25) is 14.4 Å². The minimum absolute atomic E-state index is 0.0623. The molecular formula is C21H24ClN3O3. The Morgan fingerprint density at radius 2 is 1.71 bits per heavy atom. The van der Waals surface area contributed by atoms with Crippen LogP contribution in [0.3, 0.4) is 0 Å². The first-order valence-corrected chi connectivity index (χ1v) is 9.35. The van der Waals surface area contributed by atoms with Gasteiger partial charge in [-0.2, -0.15) is 0 Å². The van der Waals surface area contributed by atoms with Crippen molar-refractivity contribution in [1.82, 2.24) is 10.2 Å². The molecule has 7 heteroatoms. The van der Waals surface area contributed by atoms with Crippen molar-refractivity contribution in [2.24, 2.45) is 5.73 Å². The predicted molar refractivity (Wildman–Crippen MR) is 108 cm³/mol. The van der Waals surface area contributed by atoms with E-state index in [1.807, 2.05) is 30.3 Å². The van der Waals surface area contributed by atoms with Crippen LogP contribution in [0.4, 0.5) is 0 Å². The molecule has 0 aromatic heterocycles. The first-order valence-electron chi connectivity index (χ1n) is 8.97. The number of benzene rings is 2. The normalized spacial score (nSPS) is 11.5. The van der Waals surface area contributed by atoms with Gasteiger partial charge in [-0.1, -0.05) is 54.1 Å². The fraction of sp³-hybridized carbons (Fsp3) is 0.286. The van der Waals surface area contributed by atoms with Gasteiger partial charge < -0.3 is 16.0 Å². The van der Waals surface area contributed by atoms with Crippen LogP contribution in [0.15, 0.2) is 54.6 Å². The molecule has 0 aliphatic rings. The number of hydrogen-bond donors (Lipinski definition) is 2. The predicted octanol–water partition coefficient (Wildman–Crippen LogP) is 2.81. The van der Waals surface area contributed by atoms with E-state index >= 15 is 0 Å². The fourth-order valence-corrected chi connectivity index (χ4v) is 2.96. The smallest absolute Gasteiger partial charge is 0.225 e. The topological polar surface area (TPSA) is 92.5 Å². The highest BCUT2D eigenvalue weighted by Crippen LogP contribution is 2.21. The van der Waals surface area contributed by atoms with Crippen LogP contribution in [-0.4, -0.2) is 29.2 Å². The largest absolute Gasteiger partial charge is 0.370 e. The highest BCUT2D eigenvalue weighted by molar-refractivity contribution is 6.30. The van der Waals surface area contributed by atoms with Gasteiger partial charge in [-0.25, -0.2) is 0 Å². The van der Waals surface area contributed by atoms with Crippen LogP contribution in [0, 0.1) is 0 Å². The molecular weight excluding hydrogens is 378 g/mol. The number of nitrogens with one attached hydrogen (secondary N) is 1. The van der Waals surface area contributed by atoms with Crippen molar-refractivity contribution >= 4 is 29.3 Å². The minimum atomic E-state index is -0.492. The third-order valence-corrected chi connectivity index (χ3v) is 4.48. The Hall–Kier alpha value is -2.86. The second-order valence-electron chi connectivity index (χ2n) is 6.53. The minimum Gasteiger partial charge on any atom is -0.370 e.